The Morgan fingerprint density at radius 1 is 1.20 bits per heavy atom. The van der Waals surface area contributed by atoms with Crippen LogP contribution in [0.25, 0.3) is 0 Å². The number of likely N-dealkylation sites (tertiary alicyclic amines) is 1. The summed E-state index contributed by atoms with van der Waals surface area (Å²) in [4.78, 5) is 2.45. The molecule has 1 saturated heterocycles. The molecule has 1 saturated carbocycles. The second kappa shape index (κ2) is 5.93. The number of fused-ring (bicyclic) bond motifs is 1. The first-order chi connectivity index (χ1) is 9.78. The lowest BCUT2D eigenvalue weighted by atomic mass is 9.78. The highest BCUT2D eigenvalue weighted by atomic mass is 19.1. The van der Waals surface area contributed by atoms with E-state index < -0.39 is 0 Å². The Balaban J connectivity index is 1.78. The van der Waals surface area contributed by atoms with E-state index in [1.165, 1.54) is 44.6 Å². The second-order valence-corrected chi connectivity index (χ2v) is 6.14. The first-order valence-corrected chi connectivity index (χ1v) is 7.70. The lowest BCUT2D eigenvalue weighted by molar-refractivity contribution is 0.0539. The first kappa shape index (κ1) is 13.6. The summed E-state index contributed by atoms with van der Waals surface area (Å²) in [5, 5.41) is 8.96. The fourth-order valence-corrected chi connectivity index (χ4v) is 3.91. The third-order valence-electron chi connectivity index (χ3n) is 4.91. The average molecular weight is 272 g/mol. The highest BCUT2D eigenvalue weighted by Crippen LogP contribution is 2.36. The minimum absolute atomic E-state index is 0.179. The SMILES string of the molecule is N#Cc1ccc(F)c(CN2CCC[C@H]3CCCC[C@H]32)c1. The molecule has 0 unspecified atom stereocenters. The Hall–Kier alpha value is -1.40. The maximum Gasteiger partial charge on any atom is 0.127 e. The molecule has 0 bridgehead atoms. The van der Waals surface area contributed by atoms with Crippen molar-refractivity contribution >= 4 is 0 Å². The van der Waals surface area contributed by atoms with E-state index in [9.17, 15) is 4.39 Å². The van der Waals surface area contributed by atoms with Crippen LogP contribution in [0.2, 0.25) is 0 Å². The lowest BCUT2D eigenvalue weighted by Crippen LogP contribution is -2.46. The van der Waals surface area contributed by atoms with Crippen LogP contribution in [0, 0.1) is 23.1 Å². The largest absolute Gasteiger partial charge is 0.296 e. The third-order valence-corrected chi connectivity index (χ3v) is 4.91. The topological polar surface area (TPSA) is 27.0 Å². The van der Waals surface area contributed by atoms with Crippen molar-refractivity contribution in [1.29, 1.82) is 5.26 Å². The minimum atomic E-state index is -0.179. The van der Waals surface area contributed by atoms with Gasteiger partial charge >= 0.3 is 0 Å². The van der Waals surface area contributed by atoms with Gasteiger partial charge in [0.25, 0.3) is 0 Å². The van der Waals surface area contributed by atoms with Crippen molar-refractivity contribution in [3.63, 3.8) is 0 Å². The van der Waals surface area contributed by atoms with Crippen molar-refractivity contribution in [1.82, 2.24) is 4.90 Å². The zero-order valence-corrected chi connectivity index (χ0v) is 11.8. The molecular formula is C17H21FN2. The fraction of sp³-hybridized carbons (Fsp3) is 0.588. The summed E-state index contributed by atoms with van der Waals surface area (Å²) in [5.41, 5.74) is 1.23. The molecule has 0 aromatic heterocycles. The Kier molecular flexibility index (Phi) is 4.03. The molecule has 0 spiro atoms. The number of rotatable bonds is 2. The van der Waals surface area contributed by atoms with E-state index in [0.29, 0.717) is 23.7 Å². The fourth-order valence-electron chi connectivity index (χ4n) is 3.91. The van der Waals surface area contributed by atoms with E-state index in [4.69, 9.17) is 5.26 Å². The number of nitrogens with zero attached hydrogens (tertiary/aromatic N) is 2. The molecule has 1 aromatic rings. The van der Waals surface area contributed by atoms with Gasteiger partial charge in [-0.05, 0) is 56.3 Å². The van der Waals surface area contributed by atoms with Gasteiger partial charge in [-0.2, -0.15) is 5.26 Å². The summed E-state index contributed by atoms with van der Waals surface area (Å²) in [6, 6.07) is 7.42. The Morgan fingerprint density at radius 3 is 2.85 bits per heavy atom. The van der Waals surface area contributed by atoms with E-state index in [1.54, 1.807) is 12.1 Å². The lowest BCUT2D eigenvalue weighted by Gasteiger charge is -2.44. The molecule has 1 aromatic carbocycles. The van der Waals surface area contributed by atoms with E-state index in [2.05, 4.69) is 11.0 Å². The summed E-state index contributed by atoms with van der Waals surface area (Å²) in [5.74, 6) is 0.627. The Labute approximate surface area is 120 Å². The molecule has 2 fully saturated rings. The van der Waals surface area contributed by atoms with E-state index in [0.717, 1.165) is 12.5 Å². The molecule has 1 aliphatic carbocycles. The van der Waals surface area contributed by atoms with Crippen LogP contribution in [0.1, 0.15) is 49.7 Å². The number of hydrogen-bond acceptors (Lipinski definition) is 2. The van der Waals surface area contributed by atoms with E-state index in [1.807, 2.05) is 0 Å². The van der Waals surface area contributed by atoms with Gasteiger partial charge in [-0.15, -0.1) is 0 Å². The predicted molar refractivity (Wildman–Crippen MR) is 76.5 cm³/mol. The standard InChI is InChI=1S/C17H21FN2/c18-16-8-7-13(11-19)10-15(16)12-20-9-3-5-14-4-1-2-6-17(14)20/h7-8,10,14,17H,1-6,9,12H2/t14-,17-/m1/s1. The van der Waals surface area contributed by atoms with Crippen LogP contribution in [0.15, 0.2) is 18.2 Å². The predicted octanol–water partition coefficient (Wildman–Crippen LogP) is 3.85. The van der Waals surface area contributed by atoms with Gasteiger partial charge in [-0.3, -0.25) is 4.90 Å². The van der Waals surface area contributed by atoms with Gasteiger partial charge in [0.05, 0.1) is 11.6 Å². The number of benzene rings is 1. The van der Waals surface area contributed by atoms with Gasteiger partial charge in [0.15, 0.2) is 0 Å². The normalized spacial score (nSPS) is 26.8. The second-order valence-electron chi connectivity index (χ2n) is 6.14. The quantitative estimate of drug-likeness (QED) is 0.817. The first-order valence-electron chi connectivity index (χ1n) is 7.70. The monoisotopic (exact) mass is 272 g/mol. The zero-order valence-electron chi connectivity index (χ0n) is 11.8. The van der Waals surface area contributed by atoms with Gasteiger partial charge in [-0.25, -0.2) is 4.39 Å². The van der Waals surface area contributed by atoms with Gasteiger partial charge in [-0.1, -0.05) is 12.8 Å². The molecule has 2 nitrogen and oxygen atoms in total. The molecule has 3 heteroatoms. The van der Waals surface area contributed by atoms with Crippen molar-refractivity contribution in [2.45, 2.75) is 51.1 Å². The summed E-state index contributed by atoms with van der Waals surface area (Å²) in [7, 11) is 0. The molecule has 106 valence electrons. The van der Waals surface area contributed by atoms with Crippen LogP contribution in [-0.2, 0) is 6.54 Å². The van der Waals surface area contributed by atoms with Gasteiger partial charge in [0, 0.05) is 18.2 Å². The Morgan fingerprint density at radius 2 is 2.00 bits per heavy atom. The third kappa shape index (κ3) is 2.71. The number of nitriles is 1. The van der Waals surface area contributed by atoms with Crippen molar-refractivity contribution < 1.29 is 4.39 Å². The summed E-state index contributed by atoms with van der Waals surface area (Å²) in [6.07, 6.45) is 7.81. The molecule has 2 atom stereocenters. The van der Waals surface area contributed by atoms with Gasteiger partial charge < -0.3 is 0 Å². The van der Waals surface area contributed by atoms with Gasteiger partial charge in [0.2, 0.25) is 0 Å². The Bertz CT molecular complexity index is 518. The molecule has 1 aliphatic heterocycles. The van der Waals surface area contributed by atoms with Crippen LogP contribution >= 0.6 is 0 Å². The van der Waals surface area contributed by atoms with Crippen LogP contribution in [0.4, 0.5) is 4.39 Å². The van der Waals surface area contributed by atoms with Crippen LogP contribution < -0.4 is 0 Å². The number of hydrogen-bond donors (Lipinski definition) is 0. The highest BCUT2D eigenvalue weighted by Gasteiger charge is 2.33. The van der Waals surface area contributed by atoms with E-state index in [-0.39, 0.29) is 5.82 Å². The molecular weight excluding hydrogens is 251 g/mol. The molecule has 20 heavy (non-hydrogen) atoms. The molecule has 1 heterocycles. The smallest absolute Gasteiger partial charge is 0.127 e. The maximum atomic E-state index is 13.9. The molecule has 0 amide bonds. The molecule has 2 aliphatic rings. The minimum Gasteiger partial charge on any atom is -0.296 e. The zero-order chi connectivity index (χ0) is 13.9. The van der Waals surface area contributed by atoms with E-state index >= 15 is 0 Å². The van der Waals surface area contributed by atoms with Crippen LogP contribution in [0.3, 0.4) is 0 Å². The summed E-state index contributed by atoms with van der Waals surface area (Å²) >= 11 is 0. The van der Waals surface area contributed by atoms with Crippen molar-refractivity contribution in [3.8, 4) is 6.07 Å². The number of piperidine rings is 1. The summed E-state index contributed by atoms with van der Waals surface area (Å²) < 4.78 is 13.9. The highest BCUT2D eigenvalue weighted by molar-refractivity contribution is 5.33. The average Bonchev–Trinajstić information content (AvgIpc) is 2.50. The van der Waals surface area contributed by atoms with Crippen molar-refractivity contribution in [2.75, 3.05) is 6.54 Å². The van der Waals surface area contributed by atoms with Gasteiger partial charge in [0.1, 0.15) is 5.82 Å². The van der Waals surface area contributed by atoms with Crippen LogP contribution in [0.5, 0.6) is 0 Å². The molecule has 0 radical (unpaired) electrons. The molecule has 3 rings (SSSR count). The molecule has 0 N–H and O–H groups in total. The maximum absolute atomic E-state index is 13.9. The number of halogens is 1. The van der Waals surface area contributed by atoms with Crippen molar-refractivity contribution in [3.05, 3.63) is 35.1 Å². The summed E-state index contributed by atoms with van der Waals surface area (Å²) in [6.45, 7) is 1.72. The van der Waals surface area contributed by atoms with Crippen LogP contribution in [-0.4, -0.2) is 17.5 Å². The van der Waals surface area contributed by atoms with Crippen molar-refractivity contribution in [2.24, 2.45) is 5.92 Å².